The molecule has 0 amide bonds. The molecule has 0 aromatic heterocycles. The van der Waals surface area contributed by atoms with E-state index in [4.69, 9.17) is 4.74 Å². The van der Waals surface area contributed by atoms with Crippen LogP contribution in [0.2, 0.25) is 0 Å². The minimum absolute atomic E-state index is 0.145. The van der Waals surface area contributed by atoms with Crippen LogP contribution in [0.3, 0.4) is 0 Å². The number of rotatable bonds is 6. The fourth-order valence-corrected chi connectivity index (χ4v) is 3.49. The molecule has 0 atom stereocenters. The third-order valence-electron chi connectivity index (χ3n) is 3.78. The number of carbonyl (C=O) groups is 1. The summed E-state index contributed by atoms with van der Waals surface area (Å²) in [5.41, 5.74) is 0.405. The van der Waals surface area contributed by atoms with Crippen LogP contribution in [-0.2, 0) is 14.8 Å². The number of ether oxygens (including phenoxy) is 1. The van der Waals surface area contributed by atoms with Crippen molar-refractivity contribution < 1.29 is 17.9 Å². The fourth-order valence-electron chi connectivity index (χ4n) is 2.28. The van der Waals surface area contributed by atoms with Crippen LogP contribution in [-0.4, -0.2) is 69.8 Å². The summed E-state index contributed by atoms with van der Waals surface area (Å²) in [4.78, 5) is 13.7. The maximum absolute atomic E-state index is 12.6. The summed E-state index contributed by atoms with van der Waals surface area (Å²) in [6.07, 6.45) is 0. The van der Waals surface area contributed by atoms with Crippen molar-refractivity contribution in [1.82, 2.24) is 9.21 Å². The average molecular weight is 326 g/mol. The monoisotopic (exact) mass is 326 g/mol. The third kappa shape index (κ3) is 4.13. The van der Waals surface area contributed by atoms with Crippen molar-refractivity contribution in [2.24, 2.45) is 0 Å². The lowest BCUT2D eigenvalue weighted by Crippen LogP contribution is -2.41. The Morgan fingerprint density at radius 2 is 2.00 bits per heavy atom. The Morgan fingerprint density at radius 1 is 1.32 bits per heavy atom. The topological polar surface area (TPSA) is 66.9 Å². The van der Waals surface area contributed by atoms with Gasteiger partial charge in [0.05, 0.1) is 18.1 Å². The summed E-state index contributed by atoms with van der Waals surface area (Å²) in [5.74, 6) is -0.145. The normalized spacial score (nSPS) is 16.9. The van der Waals surface area contributed by atoms with E-state index in [1.807, 2.05) is 0 Å². The molecule has 2 rings (SSSR count). The predicted octanol–water partition coefficient (Wildman–Crippen LogP) is 0.842. The van der Waals surface area contributed by atoms with E-state index in [1.165, 1.54) is 23.4 Å². The van der Waals surface area contributed by atoms with Crippen molar-refractivity contribution in [3.8, 4) is 0 Å². The molecular formula is C15H22N2O4S. The van der Waals surface area contributed by atoms with Crippen molar-refractivity contribution in [2.75, 3.05) is 46.4 Å². The smallest absolute Gasteiger partial charge is 0.242 e. The van der Waals surface area contributed by atoms with E-state index in [0.717, 1.165) is 13.1 Å². The summed E-state index contributed by atoms with van der Waals surface area (Å²) in [7, 11) is -2.01. The largest absolute Gasteiger partial charge is 0.379 e. The van der Waals surface area contributed by atoms with Gasteiger partial charge >= 0.3 is 0 Å². The zero-order valence-corrected chi connectivity index (χ0v) is 13.8. The lowest BCUT2D eigenvalue weighted by Gasteiger charge is -2.28. The number of sulfonamides is 1. The van der Waals surface area contributed by atoms with Gasteiger partial charge in [-0.1, -0.05) is 12.1 Å². The maximum atomic E-state index is 12.6. The molecule has 0 bridgehead atoms. The summed E-state index contributed by atoms with van der Waals surface area (Å²) >= 11 is 0. The van der Waals surface area contributed by atoms with Crippen molar-refractivity contribution in [3.05, 3.63) is 29.8 Å². The quantitative estimate of drug-likeness (QED) is 0.725. The highest BCUT2D eigenvalue weighted by molar-refractivity contribution is 7.89. The summed E-state index contributed by atoms with van der Waals surface area (Å²) in [5, 5.41) is 0. The van der Waals surface area contributed by atoms with E-state index in [9.17, 15) is 13.2 Å². The SMILES string of the molecule is CC(=O)c1cccc(S(=O)(=O)N(C)CCN2CCOCC2)c1. The van der Waals surface area contributed by atoms with Gasteiger partial charge in [-0.25, -0.2) is 8.42 Å². The summed E-state index contributed by atoms with van der Waals surface area (Å²) in [6, 6.07) is 6.17. The van der Waals surface area contributed by atoms with Crippen molar-refractivity contribution in [2.45, 2.75) is 11.8 Å². The van der Waals surface area contributed by atoms with Crippen molar-refractivity contribution in [1.29, 1.82) is 0 Å². The highest BCUT2D eigenvalue weighted by atomic mass is 32.2. The number of carbonyl (C=O) groups excluding carboxylic acids is 1. The Kier molecular flexibility index (Phi) is 5.69. The first-order valence-corrected chi connectivity index (χ1v) is 8.73. The number of ketones is 1. The number of hydrogen-bond acceptors (Lipinski definition) is 5. The third-order valence-corrected chi connectivity index (χ3v) is 5.64. The summed E-state index contributed by atoms with van der Waals surface area (Å²) in [6.45, 7) is 5.54. The molecular weight excluding hydrogens is 304 g/mol. The first-order chi connectivity index (χ1) is 10.4. The number of hydrogen-bond donors (Lipinski definition) is 0. The standard InChI is InChI=1S/C15H22N2O4S/c1-13(18)14-4-3-5-15(12-14)22(19,20)16(2)6-7-17-8-10-21-11-9-17/h3-5,12H,6-11H2,1-2H3. The number of morpholine rings is 1. The Labute approximate surface area is 131 Å². The highest BCUT2D eigenvalue weighted by Gasteiger charge is 2.22. The molecule has 1 fully saturated rings. The zero-order valence-electron chi connectivity index (χ0n) is 13.0. The van der Waals surface area contributed by atoms with Gasteiger partial charge in [-0.2, -0.15) is 4.31 Å². The minimum atomic E-state index is -3.57. The van der Waals surface area contributed by atoms with Gasteiger partial charge in [0.2, 0.25) is 10.0 Å². The predicted molar refractivity (Wildman–Crippen MR) is 83.5 cm³/mol. The molecule has 1 aliphatic rings. The molecule has 122 valence electrons. The summed E-state index contributed by atoms with van der Waals surface area (Å²) < 4.78 is 31.7. The van der Waals surface area contributed by atoms with Crippen LogP contribution >= 0.6 is 0 Å². The number of nitrogens with zero attached hydrogens (tertiary/aromatic N) is 2. The average Bonchev–Trinajstić information content (AvgIpc) is 2.53. The molecule has 0 saturated carbocycles. The second kappa shape index (κ2) is 7.32. The van der Waals surface area contributed by atoms with Gasteiger partial charge in [0.25, 0.3) is 0 Å². The lowest BCUT2D eigenvalue weighted by atomic mass is 10.2. The van der Waals surface area contributed by atoms with Crippen LogP contribution < -0.4 is 0 Å². The minimum Gasteiger partial charge on any atom is -0.379 e. The molecule has 6 nitrogen and oxygen atoms in total. The molecule has 0 unspecified atom stereocenters. The van der Waals surface area contributed by atoms with Gasteiger partial charge in [-0.3, -0.25) is 9.69 Å². The van der Waals surface area contributed by atoms with Gasteiger partial charge < -0.3 is 4.74 Å². The molecule has 1 saturated heterocycles. The Bertz CT molecular complexity index is 624. The van der Waals surface area contributed by atoms with E-state index in [1.54, 1.807) is 19.2 Å². The van der Waals surface area contributed by atoms with Crippen LogP contribution in [0.5, 0.6) is 0 Å². The van der Waals surface area contributed by atoms with Crippen LogP contribution in [0, 0.1) is 0 Å². The molecule has 0 spiro atoms. The molecule has 0 N–H and O–H groups in total. The van der Waals surface area contributed by atoms with E-state index in [0.29, 0.717) is 31.9 Å². The lowest BCUT2D eigenvalue weighted by molar-refractivity contribution is 0.0368. The Balaban J connectivity index is 2.05. The molecule has 1 aromatic rings. The fraction of sp³-hybridized carbons (Fsp3) is 0.533. The van der Waals surface area contributed by atoms with Crippen LogP contribution in [0.1, 0.15) is 17.3 Å². The number of likely N-dealkylation sites (N-methyl/N-ethyl adjacent to an activating group) is 1. The second-order valence-corrected chi connectivity index (χ2v) is 7.41. The van der Waals surface area contributed by atoms with E-state index in [-0.39, 0.29) is 10.7 Å². The Hall–Kier alpha value is -1.28. The first-order valence-electron chi connectivity index (χ1n) is 7.28. The highest BCUT2D eigenvalue weighted by Crippen LogP contribution is 2.16. The molecule has 0 aliphatic carbocycles. The van der Waals surface area contributed by atoms with E-state index < -0.39 is 10.0 Å². The van der Waals surface area contributed by atoms with Crippen LogP contribution in [0.25, 0.3) is 0 Å². The first kappa shape index (κ1) is 17.1. The molecule has 7 heteroatoms. The van der Waals surface area contributed by atoms with Crippen LogP contribution in [0.4, 0.5) is 0 Å². The van der Waals surface area contributed by atoms with Gasteiger partial charge in [-0.05, 0) is 19.1 Å². The van der Waals surface area contributed by atoms with Crippen LogP contribution in [0.15, 0.2) is 29.2 Å². The van der Waals surface area contributed by atoms with Gasteiger partial charge in [0.15, 0.2) is 5.78 Å². The Morgan fingerprint density at radius 3 is 2.64 bits per heavy atom. The second-order valence-electron chi connectivity index (χ2n) is 5.36. The maximum Gasteiger partial charge on any atom is 0.242 e. The molecule has 22 heavy (non-hydrogen) atoms. The van der Waals surface area contributed by atoms with Gasteiger partial charge in [0.1, 0.15) is 0 Å². The van der Waals surface area contributed by atoms with E-state index in [2.05, 4.69) is 4.90 Å². The molecule has 0 radical (unpaired) electrons. The number of Topliss-reactive ketones (excluding diaryl/α,β-unsaturated/α-hetero) is 1. The zero-order chi connectivity index (χ0) is 16.2. The number of benzene rings is 1. The molecule has 1 aliphatic heterocycles. The molecule has 1 heterocycles. The van der Waals surface area contributed by atoms with Crippen molar-refractivity contribution >= 4 is 15.8 Å². The van der Waals surface area contributed by atoms with E-state index >= 15 is 0 Å². The van der Waals surface area contributed by atoms with Gasteiger partial charge in [-0.15, -0.1) is 0 Å². The van der Waals surface area contributed by atoms with Crippen molar-refractivity contribution in [3.63, 3.8) is 0 Å². The molecule has 1 aromatic carbocycles. The van der Waals surface area contributed by atoms with Gasteiger partial charge in [0, 0.05) is 38.8 Å².